The summed E-state index contributed by atoms with van der Waals surface area (Å²) in [6, 6.07) is 1.96. The molecule has 24 heavy (non-hydrogen) atoms. The van der Waals surface area contributed by atoms with Gasteiger partial charge in [-0.2, -0.15) is 13.2 Å². The van der Waals surface area contributed by atoms with E-state index in [4.69, 9.17) is 4.74 Å². The largest absolute Gasteiger partial charge is 0.496 e. The average molecular weight is 357 g/mol. The molecule has 1 aliphatic carbocycles. The first-order valence-electron chi connectivity index (χ1n) is 8.20. The van der Waals surface area contributed by atoms with Crippen LogP contribution in [0.2, 0.25) is 19.6 Å². The van der Waals surface area contributed by atoms with Crippen LogP contribution >= 0.6 is 0 Å². The highest BCUT2D eigenvalue weighted by molar-refractivity contribution is 6.78. The highest BCUT2D eigenvalue weighted by atomic mass is 28.3. The first-order valence-corrected chi connectivity index (χ1v) is 11.8. The second-order valence-electron chi connectivity index (χ2n) is 8.77. The maximum Gasteiger partial charge on any atom is 0.420 e. The number of hydrogen-bond donors (Lipinski definition) is 0. The number of benzene rings is 1. The summed E-state index contributed by atoms with van der Waals surface area (Å²) in [5, 5.41) is 0. The molecule has 1 aromatic carbocycles. The van der Waals surface area contributed by atoms with Gasteiger partial charge < -0.3 is 4.74 Å². The van der Waals surface area contributed by atoms with Crippen molar-refractivity contribution in [2.75, 3.05) is 7.11 Å². The maximum absolute atomic E-state index is 13.9. The van der Waals surface area contributed by atoms with Gasteiger partial charge in [-0.05, 0) is 23.5 Å². The van der Waals surface area contributed by atoms with Crippen molar-refractivity contribution in [2.24, 2.45) is 0 Å². The molecular weight excluding hydrogens is 329 g/mol. The fourth-order valence-corrected chi connectivity index (χ4v) is 6.47. The lowest BCUT2D eigenvalue weighted by Gasteiger charge is -2.31. The number of methoxy groups -OCH3 is 1. The van der Waals surface area contributed by atoms with Crippen LogP contribution in [0.4, 0.5) is 13.2 Å². The lowest BCUT2D eigenvalue weighted by molar-refractivity contribution is -0.139. The van der Waals surface area contributed by atoms with E-state index in [2.05, 4.69) is 19.6 Å². The van der Waals surface area contributed by atoms with E-state index < -0.39 is 25.2 Å². The summed E-state index contributed by atoms with van der Waals surface area (Å²) in [6.07, 6.45) is -2.72. The van der Waals surface area contributed by atoms with Crippen molar-refractivity contribution in [3.63, 3.8) is 0 Å². The van der Waals surface area contributed by atoms with Gasteiger partial charge in [0, 0.05) is 11.1 Å². The van der Waals surface area contributed by atoms with Crippen LogP contribution in [-0.2, 0) is 11.6 Å². The number of rotatable bonds is 2. The van der Waals surface area contributed by atoms with Crippen molar-refractivity contribution >= 4 is 14.1 Å². The Morgan fingerprint density at radius 3 is 2.00 bits per heavy atom. The third kappa shape index (κ3) is 3.15. The third-order valence-corrected chi connectivity index (χ3v) is 7.15. The van der Waals surface area contributed by atoms with Gasteiger partial charge >= 0.3 is 6.18 Å². The van der Waals surface area contributed by atoms with E-state index in [1.54, 1.807) is 6.08 Å². The van der Waals surface area contributed by atoms with Crippen LogP contribution in [0.5, 0.6) is 5.75 Å². The Morgan fingerprint density at radius 2 is 1.62 bits per heavy atom. The molecule has 1 aromatic rings. The Balaban J connectivity index is 2.94. The number of ether oxygens (including phenoxy) is 1. The van der Waals surface area contributed by atoms with E-state index in [0.717, 1.165) is 11.1 Å². The van der Waals surface area contributed by atoms with E-state index in [9.17, 15) is 13.2 Å². The smallest absolute Gasteiger partial charge is 0.420 e. The average Bonchev–Trinajstić information content (AvgIpc) is 2.68. The number of fused-ring (bicyclic) bond motifs is 1. The van der Waals surface area contributed by atoms with Crippen molar-refractivity contribution < 1.29 is 17.9 Å². The summed E-state index contributed by atoms with van der Waals surface area (Å²) in [7, 11) is -0.379. The third-order valence-electron chi connectivity index (χ3n) is 4.65. The van der Waals surface area contributed by atoms with Crippen LogP contribution in [0.25, 0.3) is 6.08 Å². The van der Waals surface area contributed by atoms with E-state index in [1.807, 2.05) is 33.8 Å². The minimum absolute atomic E-state index is 0.0333. The molecule has 2 rings (SSSR count). The predicted octanol–water partition coefficient (Wildman–Crippen LogP) is 6.39. The van der Waals surface area contributed by atoms with Gasteiger partial charge in [0.1, 0.15) is 11.3 Å². The number of alkyl halides is 3. The lowest BCUT2D eigenvalue weighted by atomic mass is 9.82. The van der Waals surface area contributed by atoms with E-state index >= 15 is 0 Å². The maximum atomic E-state index is 13.9. The summed E-state index contributed by atoms with van der Waals surface area (Å²) in [5.74, 6) is -0.0333. The summed E-state index contributed by atoms with van der Waals surface area (Å²) < 4.78 is 47.0. The molecule has 134 valence electrons. The molecular formula is C19H27F3OSi. The molecule has 0 spiro atoms. The Bertz CT molecular complexity index is 689. The molecule has 1 nitrogen and oxygen atoms in total. The van der Waals surface area contributed by atoms with Crippen LogP contribution < -0.4 is 4.74 Å². The zero-order valence-corrected chi connectivity index (χ0v) is 16.8. The zero-order chi connectivity index (χ0) is 18.7. The number of allylic oxidation sites excluding steroid dienone is 1. The van der Waals surface area contributed by atoms with Crippen molar-refractivity contribution in [3.8, 4) is 5.75 Å². The fraction of sp³-hybridized carbons (Fsp3) is 0.579. The first-order chi connectivity index (χ1) is 10.7. The van der Waals surface area contributed by atoms with Gasteiger partial charge in [0.25, 0.3) is 0 Å². The lowest BCUT2D eigenvalue weighted by Crippen LogP contribution is -2.31. The monoisotopic (exact) mass is 356 g/mol. The quantitative estimate of drug-likeness (QED) is 0.558. The normalized spacial score (nSPS) is 18.5. The summed E-state index contributed by atoms with van der Waals surface area (Å²) in [6.45, 7) is 14.4. The number of halogens is 3. The molecule has 0 aliphatic heterocycles. The standard InChI is InChI=1S/C19H27F3OSi/c1-11-9-12-13(17(11)24(6,7)8)10-14(18(2,3)4)16(23-5)15(12)19(20,21)22/h9-10,17H,1-8H3. The minimum atomic E-state index is -4.44. The second kappa shape index (κ2) is 5.65. The minimum Gasteiger partial charge on any atom is -0.496 e. The molecule has 0 N–H and O–H groups in total. The van der Waals surface area contributed by atoms with E-state index in [0.29, 0.717) is 11.1 Å². The van der Waals surface area contributed by atoms with Gasteiger partial charge in [-0.25, -0.2) is 0 Å². The zero-order valence-electron chi connectivity index (χ0n) is 15.8. The first kappa shape index (κ1) is 19.1. The van der Waals surface area contributed by atoms with Gasteiger partial charge in [-0.3, -0.25) is 0 Å². The van der Waals surface area contributed by atoms with E-state index in [1.165, 1.54) is 7.11 Å². The molecule has 1 atom stereocenters. The summed E-state index contributed by atoms with van der Waals surface area (Å²) >= 11 is 0. The van der Waals surface area contributed by atoms with Crippen LogP contribution in [0.15, 0.2) is 11.6 Å². The summed E-state index contributed by atoms with van der Waals surface area (Å²) in [4.78, 5) is 0. The molecule has 1 aliphatic rings. The molecule has 0 heterocycles. The van der Waals surface area contributed by atoms with Gasteiger partial charge in [0.2, 0.25) is 0 Å². The second-order valence-corrected chi connectivity index (χ2v) is 14.1. The highest BCUT2D eigenvalue weighted by Crippen LogP contribution is 2.52. The van der Waals surface area contributed by atoms with Crippen molar-refractivity contribution in [3.05, 3.63) is 33.9 Å². The highest BCUT2D eigenvalue weighted by Gasteiger charge is 2.45. The fourth-order valence-electron chi connectivity index (χ4n) is 3.85. The van der Waals surface area contributed by atoms with Gasteiger partial charge in [-0.1, -0.05) is 58.1 Å². The molecule has 0 amide bonds. The topological polar surface area (TPSA) is 9.23 Å². The molecule has 0 saturated carbocycles. The van der Waals surface area contributed by atoms with Gasteiger partial charge in [-0.15, -0.1) is 0 Å². The number of hydrogen-bond acceptors (Lipinski definition) is 1. The van der Waals surface area contributed by atoms with Gasteiger partial charge in [0.05, 0.1) is 15.2 Å². The van der Waals surface area contributed by atoms with Crippen LogP contribution in [-0.4, -0.2) is 15.2 Å². The Hall–Kier alpha value is -1.23. The predicted molar refractivity (Wildman–Crippen MR) is 96.4 cm³/mol. The van der Waals surface area contributed by atoms with Crippen molar-refractivity contribution in [2.45, 2.75) is 64.5 Å². The molecule has 0 radical (unpaired) electrons. The van der Waals surface area contributed by atoms with Crippen LogP contribution in [0.3, 0.4) is 0 Å². The van der Waals surface area contributed by atoms with Crippen LogP contribution in [0.1, 0.15) is 55.5 Å². The molecule has 1 unspecified atom stereocenters. The molecule has 5 heteroatoms. The van der Waals surface area contributed by atoms with Gasteiger partial charge in [0.15, 0.2) is 0 Å². The Kier molecular flexibility index (Phi) is 4.49. The Morgan fingerprint density at radius 1 is 1.08 bits per heavy atom. The molecule has 0 saturated heterocycles. The molecule has 0 fully saturated rings. The molecule has 0 bridgehead atoms. The summed E-state index contributed by atoms with van der Waals surface area (Å²) in [5.41, 5.74) is 1.85. The Labute approximate surface area is 143 Å². The SMILES string of the molecule is COc1c(C(C)(C)C)cc2c(c1C(F)(F)F)C=C(C)C2[Si](C)(C)C. The van der Waals surface area contributed by atoms with Crippen molar-refractivity contribution in [1.29, 1.82) is 0 Å². The molecule has 0 aromatic heterocycles. The van der Waals surface area contributed by atoms with Crippen LogP contribution in [0, 0.1) is 0 Å². The van der Waals surface area contributed by atoms with E-state index in [-0.39, 0.29) is 11.3 Å². The van der Waals surface area contributed by atoms with Crippen molar-refractivity contribution in [1.82, 2.24) is 0 Å².